The molecule has 3 nitrogen and oxygen atoms in total. The molecule has 2 N–H and O–H groups in total. The summed E-state index contributed by atoms with van der Waals surface area (Å²) in [5.41, 5.74) is 6.91. The van der Waals surface area contributed by atoms with Gasteiger partial charge in [-0.15, -0.1) is 11.3 Å². The molecule has 0 spiro atoms. The number of nitrogens with zero attached hydrogens (tertiary/aromatic N) is 1. The largest absolute Gasteiger partial charge is 0.483 e. The Balaban J connectivity index is 2.14. The summed E-state index contributed by atoms with van der Waals surface area (Å²) in [6.45, 7) is 2.25. The molecule has 0 radical (unpaired) electrons. The molecule has 0 aliphatic carbocycles. The van der Waals surface area contributed by atoms with E-state index < -0.39 is 5.82 Å². The molecule has 1 heterocycles. The number of nitrogen functional groups attached to an aromatic ring is 1. The van der Waals surface area contributed by atoms with Gasteiger partial charge in [-0.1, -0.05) is 0 Å². The Kier molecular flexibility index (Phi) is 3.63. The maximum absolute atomic E-state index is 13.0. The Morgan fingerprint density at radius 2 is 2.29 bits per heavy atom. The third-order valence-electron chi connectivity index (χ3n) is 2.04. The highest BCUT2D eigenvalue weighted by atomic mass is 79.9. The number of anilines is 1. The maximum atomic E-state index is 13.0. The van der Waals surface area contributed by atoms with Crippen LogP contribution < -0.4 is 10.5 Å². The van der Waals surface area contributed by atoms with E-state index in [1.54, 1.807) is 0 Å². The average molecular weight is 317 g/mol. The van der Waals surface area contributed by atoms with Crippen LogP contribution in [-0.4, -0.2) is 4.98 Å². The van der Waals surface area contributed by atoms with E-state index in [0.717, 1.165) is 10.7 Å². The lowest BCUT2D eigenvalue weighted by Crippen LogP contribution is -2.00. The van der Waals surface area contributed by atoms with E-state index in [0.29, 0.717) is 16.8 Å². The van der Waals surface area contributed by atoms with Gasteiger partial charge in [-0.25, -0.2) is 9.37 Å². The van der Waals surface area contributed by atoms with Crippen molar-refractivity contribution in [1.82, 2.24) is 4.98 Å². The summed E-state index contributed by atoms with van der Waals surface area (Å²) < 4.78 is 19.0. The van der Waals surface area contributed by atoms with Crippen LogP contribution in [-0.2, 0) is 6.61 Å². The Bertz CT molecular complexity index is 521. The maximum Gasteiger partial charge on any atom is 0.157 e. The van der Waals surface area contributed by atoms with Gasteiger partial charge >= 0.3 is 0 Å². The van der Waals surface area contributed by atoms with Gasteiger partial charge in [-0.2, -0.15) is 0 Å². The van der Waals surface area contributed by atoms with Gasteiger partial charge in [0.25, 0.3) is 0 Å². The van der Waals surface area contributed by atoms with Crippen LogP contribution in [0.25, 0.3) is 0 Å². The van der Waals surface area contributed by atoms with Crippen molar-refractivity contribution >= 4 is 33.0 Å². The smallest absolute Gasteiger partial charge is 0.157 e. The lowest BCUT2D eigenvalue weighted by molar-refractivity contribution is 0.304. The first-order chi connectivity index (χ1) is 8.06. The Labute approximate surface area is 111 Å². The van der Waals surface area contributed by atoms with Crippen molar-refractivity contribution in [2.75, 3.05) is 5.73 Å². The number of aryl methyl sites for hydroxylation is 1. The number of thiazole rings is 1. The van der Waals surface area contributed by atoms with Crippen LogP contribution in [0.2, 0.25) is 0 Å². The second kappa shape index (κ2) is 5.01. The summed E-state index contributed by atoms with van der Waals surface area (Å²) in [5.74, 6) is 0.0473. The molecule has 0 unspecified atom stereocenters. The second-order valence-corrected chi connectivity index (χ2v) is 5.27. The Hall–Kier alpha value is -1.14. The van der Waals surface area contributed by atoms with Crippen LogP contribution in [0.3, 0.4) is 0 Å². The summed E-state index contributed by atoms with van der Waals surface area (Å²) in [4.78, 5) is 4.27. The first kappa shape index (κ1) is 12.3. The minimum atomic E-state index is -0.396. The first-order valence-electron chi connectivity index (χ1n) is 4.84. The lowest BCUT2D eigenvalue weighted by Gasteiger charge is -2.09. The van der Waals surface area contributed by atoms with Gasteiger partial charge in [0.2, 0.25) is 0 Å². The quantitative estimate of drug-likeness (QED) is 0.881. The van der Waals surface area contributed by atoms with Gasteiger partial charge in [0, 0.05) is 17.1 Å². The van der Waals surface area contributed by atoms with Crippen LogP contribution in [0, 0.1) is 12.7 Å². The third-order valence-corrected chi connectivity index (χ3v) is 3.57. The van der Waals surface area contributed by atoms with Gasteiger partial charge < -0.3 is 10.5 Å². The molecule has 1 aromatic heterocycles. The molecule has 0 saturated heterocycles. The van der Waals surface area contributed by atoms with Crippen LogP contribution in [0.5, 0.6) is 5.75 Å². The highest BCUT2D eigenvalue weighted by molar-refractivity contribution is 9.10. The van der Waals surface area contributed by atoms with Crippen LogP contribution in [0.4, 0.5) is 10.1 Å². The van der Waals surface area contributed by atoms with Gasteiger partial charge in [0.05, 0.1) is 10.2 Å². The fourth-order valence-electron chi connectivity index (χ4n) is 1.34. The fourth-order valence-corrected chi connectivity index (χ4v) is 2.58. The van der Waals surface area contributed by atoms with Crippen molar-refractivity contribution in [3.05, 3.63) is 38.5 Å². The number of hydrogen-bond donors (Lipinski definition) is 1. The predicted molar refractivity (Wildman–Crippen MR) is 69.7 cm³/mol. The van der Waals surface area contributed by atoms with E-state index in [1.165, 1.54) is 23.5 Å². The number of hydrogen-bond acceptors (Lipinski definition) is 4. The molecule has 17 heavy (non-hydrogen) atoms. The van der Waals surface area contributed by atoms with E-state index in [9.17, 15) is 4.39 Å². The molecule has 0 saturated carbocycles. The summed E-state index contributed by atoms with van der Waals surface area (Å²) in [7, 11) is 0. The zero-order valence-electron chi connectivity index (χ0n) is 9.04. The topological polar surface area (TPSA) is 48.1 Å². The van der Waals surface area contributed by atoms with E-state index in [4.69, 9.17) is 10.5 Å². The lowest BCUT2D eigenvalue weighted by atomic mass is 10.3. The molecule has 0 aliphatic rings. The monoisotopic (exact) mass is 316 g/mol. The molecule has 0 bridgehead atoms. The van der Waals surface area contributed by atoms with Crippen molar-refractivity contribution < 1.29 is 9.13 Å². The summed E-state index contributed by atoms with van der Waals surface area (Å²) >= 11 is 4.73. The number of benzene rings is 1. The molecule has 0 aliphatic heterocycles. The molecule has 2 rings (SSSR count). The number of ether oxygens (including phenoxy) is 1. The van der Waals surface area contributed by atoms with Gasteiger partial charge in [-0.3, -0.25) is 0 Å². The molecule has 0 amide bonds. The molecule has 0 fully saturated rings. The standard InChI is InChI=1S/C11H10BrFN2OS/c1-6-5-17-10(15-6)4-16-11-8(12)2-7(13)3-9(11)14/h2-3,5H,4,14H2,1H3. The van der Waals surface area contributed by atoms with Crippen molar-refractivity contribution in [3.63, 3.8) is 0 Å². The predicted octanol–water partition coefficient (Wildman–Crippen LogP) is 3.51. The zero-order chi connectivity index (χ0) is 12.4. The number of halogens is 2. The van der Waals surface area contributed by atoms with Gasteiger partial charge in [0.15, 0.2) is 5.75 Å². The first-order valence-corrected chi connectivity index (χ1v) is 6.52. The number of rotatable bonds is 3. The molecule has 1 aromatic carbocycles. The molecule has 6 heteroatoms. The number of aromatic nitrogens is 1. The van der Waals surface area contributed by atoms with Crippen LogP contribution in [0.15, 0.2) is 22.0 Å². The molecular weight excluding hydrogens is 307 g/mol. The van der Waals surface area contributed by atoms with E-state index in [-0.39, 0.29) is 5.69 Å². The highest BCUT2D eigenvalue weighted by Gasteiger charge is 2.09. The van der Waals surface area contributed by atoms with Crippen LogP contribution >= 0.6 is 27.3 Å². The molecule has 2 aromatic rings. The molecule has 90 valence electrons. The normalized spacial score (nSPS) is 10.5. The summed E-state index contributed by atoms with van der Waals surface area (Å²) in [5, 5.41) is 2.81. The fraction of sp³-hybridized carbons (Fsp3) is 0.182. The second-order valence-electron chi connectivity index (χ2n) is 3.48. The zero-order valence-corrected chi connectivity index (χ0v) is 11.4. The van der Waals surface area contributed by atoms with Crippen LogP contribution in [0.1, 0.15) is 10.7 Å². The van der Waals surface area contributed by atoms with Gasteiger partial charge in [-0.05, 0) is 28.9 Å². The van der Waals surface area contributed by atoms with Crippen molar-refractivity contribution in [2.45, 2.75) is 13.5 Å². The SMILES string of the molecule is Cc1csc(COc2c(N)cc(F)cc2Br)n1. The number of nitrogens with two attached hydrogens (primary N) is 1. The van der Waals surface area contributed by atoms with E-state index >= 15 is 0 Å². The summed E-state index contributed by atoms with van der Waals surface area (Å²) in [6.07, 6.45) is 0. The molecule has 0 atom stereocenters. The highest BCUT2D eigenvalue weighted by Crippen LogP contribution is 2.33. The van der Waals surface area contributed by atoms with Crippen molar-refractivity contribution in [2.24, 2.45) is 0 Å². The summed E-state index contributed by atoms with van der Waals surface area (Å²) in [6, 6.07) is 2.55. The van der Waals surface area contributed by atoms with Gasteiger partial charge in [0.1, 0.15) is 17.4 Å². The minimum Gasteiger partial charge on any atom is -0.483 e. The average Bonchev–Trinajstić information content (AvgIpc) is 2.62. The third kappa shape index (κ3) is 2.95. The van der Waals surface area contributed by atoms with Crippen molar-refractivity contribution in [1.29, 1.82) is 0 Å². The Morgan fingerprint density at radius 3 is 2.88 bits per heavy atom. The van der Waals surface area contributed by atoms with E-state index in [2.05, 4.69) is 20.9 Å². The Morgan fingerprint density at radius 1 is 1.53 bits per heavy atom. The van der Waals surface area contributed by atoms with Crippen molar-refractivity contribution in [3.8, 4) is 5.75 Å². The molecular formula is C11H10BrFN2OS. The minimum absolute atomic E-state index is 0.269. The van der Waals surface area contributed by atoms with E-state index in [1.807, 2.05) is 12.3 Å².